The Morgan fingerprint density at radius 1 is 0.639 bits per heavy atom. The maximum atomic E-state index is 10.1. The Hall–Kier alpha value is -0.0200. The van der Waals surface area contributed by atoms with Crippen molar-refractivity contribution < 1.29 is 38.6 Å². The molecule has 1 aromatic rings. The molecule has 0 aliphatic heterocycles. The lowest BCUT2D eigenvalue weighted by Gasteiger charge is -2.15. The lowest BCUT2D eigenvalue weighted by Crippen LogP contribution is -2.21. The number of hydrogen-bond donors (Lipinski definition) is 4. The van der Waals surface area contributed by atoms with Crippen LogP contribution in [0.15, 0.2) is 24.3 Å². The van der Waals surface area contributed by atoms with E-state index < -0.39 is 12.2 Å². The fourth-order valence-corrected chi connectivity index (χ4v) is 4.38. The lowest BCUT2D eigenvalue weighted by atomic mass is 10.3. The third-order valence-electron chi connectivity index (χ3n) is 4.27. The zero-order valence-electron chi connectivity index (χ0n) is 20.8. The average molecular weight is 587 g/mol. The monoisotopic (exact) mass is 586 g/mol. The van der Waals surface area contributed by atoms with Crippen molar-refractivity contribution in [3.63, 3.8) is 0 Å². The Bertz CT molecular complexity index is 570. The van der Waals surface area contributed by atoms with Gasteiger partial charge in [-0.25, -0.2) is 0 Å². The molecule has 12 heteroatoms. The molecule has 0 heterocycles. The van der Waals surface area contributed by atoms with Crippen molar-refractivity contribution in [3.05, 3.63) is 24.3 Å². The molecule has 8 nitrogen and oxygen atoms in total. The van der Waals surface area contributed by atoms with E-state index in [0.29, 0.717) is 87.4 Å². The normalized spacial score (nSPS) is 13.0. The van der Waals surface area contributed by atoms with Gasteiger partial charge in [-0.15, -0.1) is 0 Å². The summed E-state index contributed by atoms with van der Waals surface area (Å²) in [5.74, 6) is 5.37. The number of ether oxygens (including phenoxy) is 6. The van der Waals surface area contributed by atoms with E-state index in [9.17, 15) is 10.2 Å². The van der Waals surface area contributed by atoms with E-state index in [4.69, 9.17) is 28.4 Å². The summed E-state index contributed by atoms with van der Waals surface area (Å²) in [7, 11) is 0. The highest BCUT2D eigenvalue weighted by Gasteiger charge is 2.08. The van der Waals surface area contributed by atoms with Crippen LogP contribution in [0.5, 0.6) is 11.5 Å². The van der Waals surface area contributed by atoms with Gasteiger partial charge in [-0.1, -0.05) is 6.07 Å². The second kappa shape index (κ2) is 25.3. The minimum absolute atomic E-state index is 0.192. The largest absolute Gasteiger partial charge is 0.491 e. The molecule has 0 amide bonds. The van der Waals surface area contributed by atoms with Gasteiger partial charge in [0.25, 0.3) is 0 Å². The molecule has 2 N–H and O–H groups in total. The Morgan fingerprint density at radius 2 is 1.06 bits per heavy atom. The predicted molar refractivity (Wildman–Crippen MR) is 155 cm³/mol. The second-order valence-electron chi connectivity index (χ2n) is 7.45. The zero-order valence-corrected chi connectivity index (χ0v) is 24.3. The molecule has 0 radical (unpaired) electrons. The van der Waals surface area contributed by atoms with Gasteiger partial charge in [-0.2, -0.15) is 48.8 Å². The third kappa shape index (κ3) is 21.0. The van der Waals surface area contributed by atoms with Crippen LogP contribution in [-0.4, -0.2) is 123 Å². The number of hydrogen-bond acceptors (Lipinski definition) is 12. The second-order valence-corrected chi connectivity index (χ2v) is 10.6. The SMILES string of the molecule is OC(COc1cccc(OCC(O)CSCCOCCOCCS)c1)CSCCOCCOCCS. The van der Waals surface area contributed by atoms with Crippen LogP contribution in [0.2, 0.25) is 0 Å². The first-order chi connectivity index (χ1) is 17.7. The molecule has 0 spiro atoms. The molecule has 0 aliphatic rings. The van der Waals surface area contributed by atoms with Crippen LogP contribution in [0.4, 0.5) is 0 Å². The molecule has 0 aliphatic carbocycles. The van der Waals surface area contributed by atoms with Gasteiger partial charge in [0.15, 0.2) is 0 Å². The van der Waals surface area contributed by atoms with E-state index in [-0.39, 0.29) is 13.2 Å². The molecule has 0 aromatic heterocycles. The van der Waals surface area contributed by atoms with Gasteiger partial charge < -0.3 is 38.6 Å². The molecule has 0 fully saturated rings. The smallest absolute Gasteiger partial charge is 0.123 e. The lowest BCUT2D eigenvalue weighted by molar-refractivity contribution is 0.0605. The Labute approximate surface area is 235 Å². The minimum atomic E-state index is -0.582. The summed E-state index contributed by atoms with van der Waals surface area (Å²) in [6, 6.07) is 7.20. The van der Waals surface area contributed by atoms with E-state index >= 15 is 0 Å². The van der Waals surface area contributed by atoms with Crippen molar-refractivity contribution in [2.24, 2.45) is 0 Å². The summed E-state index contributed by atoms with van der Waals surface area (Å²) >= 11 is 11.4. The molecular formula is C24H42O8S4. The molecule has 36 heavy (non-hydrogen) atoms. The van der Waals surface area contributed by atoms with E-state index in [1.807, 2.05) is 18.2 Å². The summed E-state index contributed by atoms with van der Waals surface area (Å²) < 4.78 is 32.9. The summed E-state index contributed by atoms with van der Waals surface area (Å²) in [5.41, 5.74) is 0. The molecule has 2 atom stereocenters. The number of benzene rings is 1. The van der Waals surface area contributed by atoms with E-state index in [1.165, 1.54) is 0 Å². The van der Waals surface area contributed by atoms with E-state index in [0.717, 1.165) is 11.5 Å². The topological polar surface area (TPSA) is 95.8 Å². The van der Waals surface area contributed by atoms with Crippen molar-refractivity contribution in [3.8, 4) is 11.5 Å². The number of thiol groups is 2. The highest BCUT2D eigenvalue weighted by atomic mass is 32.2. The zero-order chi connectivity index (χ0) is 26.1. The maximum absolute atomic E-state index is 10.1. The van der Waals surface area contributed by atoms with Gasteiger partial charge in [-0.05, 0) is 12.1 Å². The van der Waals surface area contributed by atoms with Crippen molar-refractivity contribution in [2.75, 3.05) is 101 Å². The van der Waals surface area contributed by atoms with Crippen molar-refractivity contribution >= 4 is 48.8 Å². The fourth-order valence-electron chi connectivity index (χ4n) is 2.58. The number of rotatable bonds is 26. The molecule has 2 unspecified atom stereocenters. The van der Waals surface area contributed by atoms with Crippen LogP contribution >= 0.6 is 48.8 Å². The predicted octanol–water partition coefficient (Wildman–Crippen LogP) is 2.56. The van der Waals surface area contributed by atoms with Gasteiger partial charge in [0.1, 0.15) is 24.7 Å². The molecule has 0 saturated carbocycles. The van der Waals surface area contributed by atoms with Crippen LogP contribution in [-0.2, 0) is 18.9 Å². The Kier molecular flexibility index (Phi) is 23.9. The Morgan fingerprint density at radius 3 is 1.47 bits per heavy atom. The van der Waals surface area contributed by atoms with Gasteiger partial charge >= 0.3 is 0 Å². The average Bonchev–Trinajstić information content (AvgIpc) is 2.89. The van der Waals surface area contributed by atoms with E-state index in [1.54, 1.807) is 29.6 Å². The first-order valence-electron chi connectivity index (χ1n) is 12.1. The van der Waals surface area contributed by atoms with E-state index in [2.05, 4.69) is 25.3 Å². The van der Waals surface area contributed by atoms with Crippen molar-refractivity contribution in [2.45, 2.75) is 12.2 Å². The first kappa shape index (κ1) is 34.0. The summed E-state index contributed by atoms with van der Waals surface area (Å²) in [5, 5.41) is 20.3. The maximum Gasteiger partial charge on any atom is 0.123 e. The molecule has 1 rings (SSSR count). The molecule has 1 aromatic carbocycles. The number of aliphatic hydroxyl groups excluding tert-OH is 2. The van der Waals surface area contributed by atoms with Crippen LogP contribution in [0, 0.1) is 0 Å². The minimum Gasteiger partial charge on any atom is -0.491 e. The van der Waals surface area contributed by atoms with Gasteiger partial charge in [0, 0.05) is 40.6 Å². The number of aliphatic hydroxyl groups is 2. The van der Waals surface area contributed by atoms with Gasteiger partial charge in [-0.3, -0.25) is 0 Å². The van der Waals surface area contributed by atoms with Crippen LogP contribution < -0.4 is 9.47 Å². The highest BCUT2D eigenvalue weighted by Crippen LogP contribution is 2.20. The summed E-state index contributed by atoms with van der Waals surface area (Å²) in [6.07, 6.45) is -1.16. The van der Waals surface area contributed by atoms with Gasteiger partial charge in [0.2, 0.25) is 0 Å². The molecule has 210 valence electrons. The van der Waals surface area contributed by atoms with Crippen LogP contribution in [0.25, 0.3) is 0 Å². The first-order valence-corrected chi connectivity index (χ1v) is 15.6. The summed E-state index contributed by atoms with van der Waals surface area (Å²) in [4.78, 5) is 0. The van der Waals surface area contributed by atoms with Crippen LogP contribution in [0.3, 0.4) is 0 Å². The molecular weight excluding hydrogens is 545 g/mol. The van der Waals surface area contributed by atoms with Crippen molar-refractivity contribution in [1.29, 1.82) is 0 Å². The standard InChI is InChI=1S/C24H42O8S4/c25-21(19-35-14-10-29-6-4-27-8-12-33)17-31-23-2-1-3-24(16-23)32-18-22(26)20-36-15-11-30-7-5-28-9-13-34/h1-3,16,21-22,25-26,33-34H,4-15,17-20H2. The van der Waals surface area contributed by atoms with Gasteiger partial charge in [0.05, 0.1) is 65.1 Å². The third-order valence-corrected chi connectivity index (χ3v) is 6.79. The molecule has 0 saturated heterocycles. The quantitative estimate of drug-likeness (QED) is 0.0959. The fraction of sp³-hybridized carbons (Fsp3) is 0.750. The van der Waals surface area contributed by atoms with Crippen LogP contribution in [0.1, 0.15) is 0 Å². The van der Waals surface area contributed by atoms with Crippen molar-refractivity contribution in [1.82, 2.24) is 0 Å². The summed E-state index contributed by atoms with van der Waals surface area (Å²) in [6.45, 7) is 5.17. The number of thioether (sulfide) groups is 2. The Balaban J connectivity index is 2.06. The molecule has 0 bridgehead atoms. The highest BCUT2D eigenvalue weighted by molar-refractivity contribution is 7.99.